The van der Waals surface area contributed by atoms with E-state index in [0.29, 0.717) is 5.92 Å². The van der Waals surface area contributed by atoms with Crippen molar-refractivity contribution in [3.8, 4) is 0 Å². The molecule has 1 aliphatic carbocycles. The summed E-state index contributed by atoms with van der Waals surface area (Å²) in [6.45, 7) is 4.46. The monoisotopic (exact) mass is 349 g/mol. The molecule has 6 heteroatoms. The molecule has 2 radical (unpaired) electrons. The van der Waals surface area contributed by atoms with Crippen LogP contribution in [-0.2, 0) is 9.45 Å². The predicted molar refractivity (Wildman–Crippen MR) is 95.9 cm³/mol. The second kappa shape index (κ2) is 11.6. The van der Waals surface area contributed by atoms with Crippen LogP contribution in [-0.4, -0.2) is 38.0 Å². The van der Waals surface area contributed by atoms with Gasteiger partial charge in [0.2, 0.25) is 0 Å². The normalized spacial score (nSPS) is 21.7. The highest BCUT2D eigenvalue weighted by atomic mass is 35.5. The smallest absolute Gasteiger partial charge is 0.378 e. The third-order valence-corrected chi connectivity index (χ3v) is 5.27. The van der Waals surface area contributed by atoms with Crippen LogP contribution in [0, 0.1) is 11.8 Å². The molecular formula is C16H30BCl2NO2. The molecule has 0 aromatic heterocycles. The molecule has 0 amide bonds. The second-order valence-corrected chi connectivity index (χ2v) is 6.50. The van der Waals surface area contributed by atoms with Crippen molar-refractivity contribution in [2.45, 2.75) is 70.8 Å². The molecule has 2 rings (SSSR count). The number of hydrogen-bond donors (Lipinski definition) is 0. The molecule has 1 aliphatic heterocycles. The highest BCUT2D eigenvalue weighted by Gasteiger charge is 2.33. The average Bonchev–Trinajstić information content (AvgIpc) is 3.02. The first-order valence-electron chi connectivity index (χ1n) is 8.40. The number of nitrogens with zero attached hydrogens (tertiary/aromatic N) is 1. The van der Waals surface area contributed by atoms with Crippen LogP contribution < -0.4 is 0 Å². The average molecular weight is 350 g/mol. The molecule has 0 bridgehead atoms. The van der Waals surface area contributed by atoms with Gasteiger partial charge in [0.1, 0.15) is 0 Å². The van der Waals surface area contributed by atoms with Gasteiger partial charge >= 0.3 is 8.05 Å². The Morgan fingerprint density at radius 1 is 1.18 bits per heavy atom. The molecule has 0 aromatic rings. The maximum atomic E-state index is 11.9. The minimum atomic E-state index is -0.197. The summed E-state index contributed by atoms with van der Waals surface area (Å²) in [6, 6.07) is 0.812. The minimum absolute atomic E-state index is 0. The molecule has 2 fully saturated rings. The van der Waals surface area contributed by atoms with E-state index in [9.17, 15) is 4.79 Å². The van der Waals surface area contributed by atoms with Gasteiger partial charge < -0.3 is 9.55 Å². The minimum Gasteiger partial charge on any atom is -0.543 e. The maximum absolute atomic E-state index is 11.9. The predicted octanol–water partition coefficient (Wildman–Crippen LogP) is 3.92. The van der Waals surface area contributed by atoms with Crippen LogP contribution >= 0.6 is 24.8 Å². The quantitative estimate of drug-likeness (QED) is 0.680. The van der Waals surface area contributed by atoms with Crippen molar-refractivity contribution < 1.29 is 9.45 Å². The number of rotatable bonds is 6. The summed E-state index contributed by atoms with van der Waals surface area (Å²) in [5.74, 6) is 0.290. The first-order valence-corrected chi connectivity index (χ1v) is 8.40. The SMILES string of the molecule is Cl.Cl.[B]OC(=O)C(CCCC)C1CCN(C2CCCC2)CC1. The molecule has 0 aromatic carbocycles. The molecule has 1 saturated heterocycles. The summed E-state index contributed by atoms with van der Waals surface area (Å²) in [6.07, 6.45) is 10.9. The largest absolute Gasteiger partial charge is 0.543 e. The number of carbonyl (C=O) groups excluding carboxylic acids is 1. The summed E-state index contributed by atoms with van der Waals surface area (Å²) in [7, 11) is 5.12. The van der Waals surface area contributed by atoms with Gasteiger partial charge in [-0.1, -0.05) is 32.6 Å². The lowest BCUT2D eigenvalue weighted by molar-refractivity contribution is -0.141. The Balaban J connectivity index is 0.00000220. The Labute approximate surface area is 149 Å². The summed E-state index contributed by atoms with van der Waals surface area (Å²) in [5.41, 5.74) is 0. The van der Waals surface area contributed by atoms with Gasteiger partial charge in [-0.05, 0) is 51.1 Å². The third kappa shape index (κ3) is 5.94. The molecule has 3 nitrogen and oxygen atoms in total. The zero-order valence-corrected chi connectivity index (χ0v) is 15.3. The van der Waals surface area contributed by atoms with E-state index in [-0.39, 0.29) is 36.7 Å². The van der Waals surface area contributed by atoms with Gasteiger partial charge in [0.05, 0.1) is 5.92 Å². The van der Waals surface area contributed by atoms with Gasteiger partial charge in [0.15, 0.2) is 0 Å². The number of carbonyl (C=O) groups is 1. The van der Waals surface area contributed by atoms with Crippen molar-refractivity contribution in [3.05, 3.63) is 0 Å². The van der Waals surface area contributed by atoms with Crippen LogP contribution in [0.15, 0.2) is 0 Å². The van der Waals surface area contributed by atoms with E-state index in [1.165, 1.54) is 25.7 Å². The number of piperidine rings is 1. The zero-order chi connectivity index (χ0) is 14.4. The van der Waals surface area contributed by atoms with E-state index in [0.717, 1.165) is 51.2 Å². The fraction of sp³-hybridized carbons (Fsp3) is 0.938. The lowest BCUT2D eigenvalue weighted by Gasteiger charge is -2.38. The number of hydrogen-bond acceptors (Lipinski definition) is 3. The van der Waals surface area contributed by atoms with Crippen LogP contribution in [0.4, 0.5) is 0 Å². The fourth-order valence-electron chi connectivity index (χ4n) is 4.01. The molecule has 128 valence electrons. The van der Waals surface area contributed by atoms with Gasteiger partial charge in [-0.15, -0.1) is 24.8 Å². The Morgan fingerprint density at radius 2 is 1.77 bits per heavy atom. The highest BCUT2D eigenvalue weighted by Crippen LogP contribution is 2.33. The van der Waals surface area contributed by atoms with Gasteiger partial charge in [-0.3, -0.25) is 4.79 Å². The van der Waals surface area contributed by atoms with Gasteiger partial charge in [-0.25, -0.2) is 0 Å². The Morgan fingerprint density at radius 3 is 2.27 bits per heavy atom. The van der Waals surface area contributed by atoms with Gasteiger partial charge in [0.25, 0.3) is 5.97 Å². The first kappa shape index (κ1) is 22.1. The number of halogens is 2. The lowest BCUT2D eigenvalue weighted by Crippen LogP contribution is -2.42. The maximum Gasteiger partial charge on any atom is 0.378 e. The first-order chi connectivity index (χ1) is 9.76. The number of unbranched alkanes of at least 4 members (excludes halogenated alkanes) is 1. The molecule has 22 heavy (non-hydrogen) atoms. The molecule has 0 spiro atoms. The zero-order valence-electron chi connectivity index (χ0n) is 13.7. The van der Waals surface area contributed by atoms with E-state index in [1.54, 1.807) is 0 Å². The highest BCUT2D eigenvalue weighted by molar-refractivity contribution is 6.05. The van der Waals surface area contributed by atoms with Crippen LogP contribution in [0.5, 0.6) is 0 Å². The van der Waals surface area contributed by atoms with Crippen molar-refractivity contribution in [1.29, 1.82) is 0 Å². The standard InChI is InChI=1S/C16H28BNO2.2ClH/c1-2-3-8-15(16(19)20-17)13-9-11-18(12-10-13)14-6-4-5-7-14;;/h13-15H,2-12H2,1H3;2*1H. The fourth-order valence-corrected chi connectivity index (χ4v) is 4.01. The van der Waals surface area contributed by atoms with E-state index >= 15 is 0 Å². The topological polar surface area (TPSA) is 29.5 Å². The Bertz CT molecular complexity index is 307. The van der Waals surface area contributed by atoms with Gasteiger partial charge in [0, 0.05) is 6.04 Å². The Hall–Kier alpha value is 0.0749. The Kier molecular flexibility index (Phi) is 11.6. The van der Waals surface area contributed by atoms with Crippen molar-refractivity contribution >= 4 is 38.8 Å². The molecule has 0 N–H and O–H groups in total. The molecule has 2 aliphatic rings. The van der Waals surface area contributed by atoms with Crippen LogP contribution in [0.25, 0.3) is 0 Å². The molecule has 1 atom stereocenters. The lowest BCUT2D eigenvalue weighted by atomic mass is 9.81. The van der Waals surface area contributed by atoms with E-state index < -0.39 is 0 Å². The van der Waals surface area contributed by atoms with E-state index in [2.05, 4.69) is 16.5 Å². The van der Waals surface area contributed by atoms with Crippen molar-refractivity contribution in [1.82, 2.24) is 4.90 Å². The number of likely N-dealkylation sites (tertiary alicyclic amines) is 1. The van der Waals surface area contributed by atoms with E-state index in [1.807, 2.05) is 0 Å². The van der Waals surface area contributed by atoms with Gasteiger partial charge in [-0.2, -0.15) is 0 Å². The molecule has 1 unspecified atom stereocenters. The summed E-state index contributed by atoms with van der Waals surface area (Å²) >= 11 is 0. The van der Waals surface area contributed by atoms with Crippen molar-refractivity contribution in [2.75, 3.05) is 13.1 Å². The molecule has 1 saturated carbocycles. The summed E-state index contributed by atoms with van der Waals surface area (Å²) < 4.78 is 4.54. The van der Waals surface area contributed by atoms with Crippen LogP contribution in [0.1, 0.15) is 64.7 Å². The summed E-state index contributed by atoms with van der Waals surface area (Å²) in [5, 5.41) is 0. The van der Waals surface area contributed by atoms with Crippen LogP contribution in [0.2, 0.25) is 0 Å². The summed E-state index contributed by atoms with van der Waals surface area (Å²) in [4.78, 5) is 14.5. The third-order valence-electron chi connectivity index (χ3n) is 5.27. The van der Waals surface area contributed by atoms with E-state index in [4.69, 9.17) is 8.05 Å². The molecule has 1 heterocycles. The van der Waals surface area contributed by atoms with Crippen molar-refractivity contribution in [2.24, 2.45) is 11.8 Å². The second-order valence-electron chi connectivity index (χ2n) is 6.50. The van der Waals surface area contributed by atoms with Crippen LogP contribution in [0.3, 0.4) is 0 Å². The molecular weight excluding hydrogens is 320 g/mol. The van der Waals surface area contributed by atoms with Crippen molar-refractivity contribution in [3.63, 3.8) is 0 Å².